The third kappa shape index (κ3) is 3.87. The van der Waals surface area contributed by atoms with E-state index in [0.717, 1.165) is 12.1 Å². The standard InChI is InChI=1S/C16H19F2NOS/c1-16(2,14-7-4-8-21-14)10-19-9-13(20)15-11(17)5-3-6-12(15)18/h3-8,13,19-20H,9-10H2,1-2H3. The first kappa shape index (κ1) is 16.1. The Labute approximate surface area is 127 Å². The number of aliphatic hydroxyl groups excluding tert-OH is 1. The van der Waals surface area contributed by atoms with Crippen LogP contribution in [0.1, 0.15) is 30.4 Å². The number of hydrogen-bond donors (Lipinski definition) is 2. The molecule has 2 N–H and O–H groups in total. The van der Waals surface area contributed by atoms with Crippen molar-refractivity contribution >= 4 is 11.3 Å². The molecule has 0 bridgehead atoms. The Balaban J connectivity index is 1.94. The van der Waals surface area contributed by atoms with E-state index in [4.69, 9.17) is 0 Å². The summed E-state index contributed by atoms with van der Waals surface area (Å²) in [5, 5.41) is 15.1. The Morgan fingerprint density at radius 3 is 2.43 bits per heavy atom. The van der Waals surface area contributed by atoms with Crippen LogP contribution < -0.4 is 5.32 Å². The Hall–Kier alpha value is -1.30. The van der Waals surface area contributed by atoms with E-state index >= 15 is 0 Å². The number of nitrogens with one attached hydrogen (secondary N) is 1. The molecule has 1 aromatic heterocycles. The van der Waals surface area contributed by atoms with Crippen molar-refractivity contribution in [3.05, 3.63) is 57.8 Å². The summed E-state index contributed by atoms with van der Waals surface area (Å²) in [7, 11) is 0. The van der Waals surface area contributed by atoms with Gasteiger partial charge >= 0.3 is 0 Å². The van der Waals surface area contributed by atoms with Crippen LogP contribution in [-0.2, 0) is 5.41 Å². The summed E-state index contributed by atoms with van der Waals surface area (Å²) < 4.78 is 27.1. The van der Waals surface area contributed by atoms with E-state index in [0.29, 0.717) is 6.54 Å². The number of thiophene rings is 1. The predicted octanol–water partition coefficient (Wildman–Crippen LogP) is 3.63. The topological polar surface area (TPSA) is 32.3 Å². The first-order chi connectivity index (χ1) is 9.92. The minimum Gasteiger partial charge on any atom is -0.387 e. The molecule has 0 aliphatic carbocycles. The molecule has 5 heteroatoms. The van der Waals surface area contributed by atoms with Gasteiger partial charge in [-0.3, -0.25) is 0 Å². The maximum absolute atomic E-state index is 13.6. The van der Waals surface area contributed by atoms with Gasteiger partial charge in [-0.15, -0.1) is 11.3 Å². The summed E-state index contributed by atoms with van der Waals surface area (Å²) in [5.74, 6) is -1.44. The Kier molecular flexibility index (Phi) is 5.08. The van der Waals surface area contributed by atoms with Gasteiger partial charge in [-0.05, 0) is 23.6 Å². The number of rotatable bonds is 6. The minimum absolute atomic E-state index is 0.0956. The molecular formula is C16H19F2NOS. The summed E-state index contributed by atoms with van der Waals surface area (Å²) in [6.45, 7) is 4.89. The highest BCUT2D eigenvalue weighted by atomic mass is 32.1. The summed E-state index contributed by atoms with van der Waals surface area (Å²) in [4.78, 5) is 1.22. The van der Waals surface area contributed by atoms with Crippen LogP contribution in [0.2, 0.25) is 0 Å². The number of halogens is 2. The lowest BCUT2D eigenvalue weighted by molar-refractivity contribution is 0.163. The van der Waals surface area contributed by atoms with E-state index in [1.165, 1.54) is 10.9 Å². The van der Waals surface area contributed by atoms with E-state index in [1.54, 1.807) is 11.3 Å². The van der Waals surface area contributed by atoms with Crippen molar-refractivity contribution in [3.8, 4) is 0 Å². The van der Waals surface area contributed by atoms with Gasteiger partial charge in [-0.2, -0.15) is 0 Å². The second-order valence-corrected chi connectivity index (χ2v) is 6.59. The fourth-order valence-corrected chi connectivity index (χ4v) is 3.06. The second kappa shape index (κ2) is 6.64. The molecule has 0 aliphatic rings. The molecule has 0 spiro atoms. The van der Waals surface area contributed by atoms with Crippen LogP contribution in [0.25, 0.3) is 0 Å². The van der Waals surface area contributed by atoms with Gasteiger partial charge in [0.2, 0.25) is 0 Å². The highest BCUT2D eigenvalue weighted by Gasteiger charge is 2.23. The molecular weight excluding hydrogens is 292 g/mol. The molecule has 0 amide bonds. The fourth-order valence-electron chi connectivity index (χ4n) is 2.20. The SMILES string of the molecule is CC(C)(CNCC(O)c1c(F)cccc1F)c1cccs1. The average molecular weight is 311 g/mol. The summed E-state index contributed by atoms with van der Waals surface area (Å²) >= 11 is 1.67. The largest absolute Gasteiger partial charge is 0.387 e. The zero-order chi connectivity index (χ0) is 15.5. The molecule has 1 aromatic carbocycles. The van der Waals surface area contributed by atoms with Crippen molar-refractivity contribution in [1.29, 1.82) is 0 Å². The molecule has 114 valence electrons. The zero-order valence-corrected chi connectivity index (χ0v) is 12.9. The van der Waals surface area contributed by atoms with Crippen LogP contribution in [0, 0.1) is 11.6 Å². The lowest BCUT2D eigenvalue weighted by Gasteiger charge is -2.24. The third-order valence-corrected chi connectivity index (χ3v) is 4.66. The van der Waals surface area contributed by atoms with Crippen molar-refractivity contribution in [3.63, 3.8) is 0 Å². The molecule has 2 nitrogen and oxygen atoms in total. The number of benzene rings is 1. The smallest absolute Gasteiger partial charge is 0.131 e. The molecule has 0 saturated carbocycles. The number of hydrogen-bond acceptors (Lipinski definition) is 3. The van der Waals surface area contributed by atoms with Crippen molar-refractivity contribution in [2.45, 2.75) is 25.4 Å². The average Bonchev–Trinajstić information content (AvgIpc) is 2.92. The normalized spacial score (nSPS) is 13.4. The van der Waals surface area contributed by atoms with Gasteiger partial charge in [0.05, 0.1) is 11.7 Å². The molecule has 21 heavy (non-hydrogen) atoms. The fraction of sp³-hybridized carbons (Fsp3) is 0.375. The quantitative estimate of drug-likeness (QED) is 0.854. The first-order valence-electron chi connectivity index (χ1n) is 6.78. The van der Waals surface area contributed by atoms with E-state index < -0.39 is 17.7 Å². The maximum Gasteiger partial charge on any atom is 0.131 e. The Bertz CT molecular complexity index is 564. The molecule has 2 aromatic rings. The van der Waals surface area contributed by atoms with Crippen LogP contribution in [0.15, 0.2) is 35.7 Å². The predicted molar refractivity (Wildman–Crippen MR) is 81.5 cm³/mol. The van der Waals surface area contributed by atoms with Crippen molar-refractivity contribution in [2.24, 2.45) is 0 Å². The third-order valence-electron chi connectivity index (χ3n) is 3.43. The van der Waals surface area contributed by atoms with E-state index in [2.05, 4.69) is 25.2 Å². The van der Waals surface area contributed by atoms with Crippen LogP contribution in [0.4, 0.5) is 8.78 Å². The van der Waals surface area contributed by atoms with Gasteiger partial charge in [0, 0.05) is 23.4 Å². The van der Waals surface area contributed by atoms with Gasteiger partial charge in [-0.25, -0.2) is 8.78 Å². The van der Waals surface area contributed by atoms with E-state index in [1.807, 2.05) is 11.4 Å². The molecule has 1 atom stereocenters. The van der Waals surface area contributed by atoms with Gasteiger partial charge in [0.1, 0.15) is 11.6 Å². The Morgan fingerprint density at radius 2 is 1.86 bits per heavy atom. The second-order valence-electron chi connectivity index (χ2n) is 5.64. The van der Waals surface area contributed by atoms with Gasteiger partial charge in [-0.1, -0.05) is 26.0 Å². The highest BCUT2D eigenvalue weighted by Crippen LogP contribution is 2.27. The summed E-state index contributed by atoms with van der Waals surface area (Å²) in [6.07, 6.45) is -1.20. The summed E-state index contributed by atoms with van der Waals surface area (Å²) in [6, 6.07) is 7.63. The van der Waals surface area contributed by atoms with E-state index in [-0.39, 0.29) is 17.5 Å². The summed E-state index contributed by atoms with van der Waals surface area (Å²) in [5.41, 5.74) is -0.374. The number of aliphatic hydroxyl groups is 1. The zero-order valence-electron chi connectivity index (χ0n) is 12.1. The monoisotopic (exact) mass is 311 g/mol. The molecule has 0 radical (unpaired) electrons. The van der Waals surface area contributed by atoms with Crippen LogP contribution in [0.5, 0.6) is 0 Å². The Morgan fingerprint density at radius 1 is 1.19 bits per heavy atom. The molecule has 0 saturated heterocycles. The molecule has 0 aliphatic heterocycles. The molecule has 2 rings (SSSR count). The molecule has 1 heterocycles. The lowest BCUT2D eigenvalue weighted by Crippen LogP contribution is -2.35. The van der Waals surface area contributed by atoms with Gasteiger partial charge in [0.25, 0.3) is 0 Å². The van der Waals surface area contributed by atoms with Crippen LogP contribution in [-0.4, -0.2) is 18.2 Å². The van der Waals surface area contributed by atoms with E-state index in [9.17, 15) is 13.9 Å². The van der Waals surface area contributed by atoms with Crippen molar-refractivity contribution in [2.75, 3.05) is 13.1 Å². The van der Waals surface area contributed by atoms with Gasteiger partial charge in [0.15, 0.2) is 0 Å². The maximum atomic E-state index is 13.6. The highest BCUT2D eigenvalue weighted by molar-refractivity contribution is 7.10. The molecule has 0 fully saturated rings. The van der Waals surface area contributed by atoms with Crippen LogP contribution in [0.3, 0.4) is 0 Å². The van der Waals surface area contributed by atoms with Crippen LogP contribution >= 0.6 is 11.3 Å². The minimum atomic E-state index is -1.20. The van der Waals surface area contributed by atoms with Crippen molar-refractivity contribution in [1.82, 2.24) is 5.32 Å². The van der Waals surface area contributed by atoms with Gasteiger partial charge < -0.3 is 10.4 Å². The van der Waals surface area contributed by atoms with Crippen molar-refractivity contribution < 1.29 is 13.9 Å². The molecule has 1 unspecified atom stereocenters. The first-order valence-corrected chi connectivity index (χ1v) is 7.66. The lowest BCUT2D eigenvalue weighted by atomic mass is 9.91.